The molecule has 1 atom stereocenters. The smallest absolute Gasteiger partial charge is 0.257 e. The van der Waals surface area contributed by atoms with E-state index in [0.717, 1.165) is 22.5 Å². The summed E-state index contributed by atoms with van der Waals surface area (Å²) >= 11 is 0. The first kappa shape index (κ1) is 20.2. The molecule has 1 saturated heterocycles. The molecule has 4 aromatic heterocycles. The van der Waals surface area contributed by atoms with Gasteiger partial charge in [-0.2, -0.15) is 10.2 Å². The Labute approximate surface area is 182 Å². The third kappa shape index (κ3) is 3.73. The van der Waals surface area contributed by atoms with Gasteiger partial charge in [-0.15, -0.1) is 0 Å². The molecule has 0 aromatic carbocycles. The zero-order valence-corrected chi connectivity index (χ0v) is 17.4. The summed E-state index contributed by atoms with van der Waals surface area (Å²) in [6.07, 6.45) is 7.40. The Morgan fingerprint density at radius 1 is 0.906 bits per heavy atom. The summed E-state index contributed by atoms with van der Waals surface area (Å²) in [7, 11) is 1.88. The van der Waals surface area contributed by atoms with Crippen molar-refractivity contribution in [2.45, 2.75) is 12.5 Å². The fourth-order valence-corrected chi connectivity index (χ4v) is 3.82. The Balaban J connectivity index is 1.31. The second kappa shape index (κ2) is 8.11. The number of hydrogen-bond acceptors (Lipinski definition) is 8. The molecule has 1 aliphatic rings. The van der Waals surface area contributed by atoms with Gasteiger partial charge in [0.25, 0.3) is 6.43 Å². The number of rotatable bonds is 5. The van der Waals surface area contributed by atoms with Crippen molar-refractivity contribution in [3.8, 4) is 11.1 Å². The molecular formula is C20H22F2N10. The highest BCUT2D eigenvalue weighted by atomic mass is 19.3. The van der Waals surface area contributed by atoms with Crippen LogP contribution in [0.1, 0.15) is 11.6 Å². The largest absolute Gasteiger partial charge is 0.351 e. The maximum atomic E-state index is 12.8. The van der Waals surface area contributed by atoms with Crippen LogP contribution >= 0.6 is 0 Å². The fourth-order valence-electron chi connectivity index (χ4n) is 3.82. The van der Waals surface area contributed by atoms with Crippen LogP contribution < -0.4 is 15.5 Å². The summed E-state index contributed by atoms with van der Waals surface area (Å²) in [5.41, 5.74) is 8.65. The van der Waals surface area contributed by atoms with Gasteiger partial charge in [0.2, 0.25) is 5.95 Å². The van der Waals surface area contributed by atoms with Crippen LogP contribution in [0.4, 0.5) is 20.5 Å². The molecule has 1 fully saturated rings. The van der Waals surface area contributed by atoms with Crippen LogP contribution in [0.2, 0.25) is 0 Å². The summed E-state index contributed by atoms with van der Waals surface area (Å²) < 4.78 is 29.1. The van der Waals surface area contributed by atoms with Crippen molar-refractivity contribution in [2.24, 2.45) is 12.8 Å². The summed E-state index contributed by atoms with van der Waals surface area (Å²) in [5.74, 6) is 1.36. The Morgan fingerprint density at radius 2 is 1.62 bits per heavy atom. The van der Waals surface area contributed by atoms with Crippen LogP contribution in [-0.2, 0) is 7.05 Å². The number of aryl methyl sites for hydroxylation is 1. The van der Waals surface area contributed by atoms with Crippen LogP contribution in [-0.4, -0.2) is 67.0 Å². The minimum atomic E-state index is -2.65. The van der Waals surface area contributed by atoms with Crippen LogP contribution in [0.15, 0.2) is 43.4 Å². The topological polar surface area (TPSA) is 106 Å². The molecule has 0 bridgehead atoms. The van der Waals surface area contributed by atoms with Crippen molar-refractivity contribution in [3.63, 3.8) is 0 Å². The number of nitrogens with two attached hydrogens (primary N) is 1. The molecule has 0 radical (unpaired) electrons. The van der Waals surface area contributed by atoms with Gasteiger partial charge in [-0.25, -0.2) is 28.2 Å². The van der Waals surface area contributed by atoms with E-state index in [1.807, 2.05) is 35.1 Å². The van der Waals surface area contributed by atoms with Crippen LogP contribution in [0.3, 0.4) is 0 Å². The molecule has 32 heavy (non-hydrogen) atoms. The summed E-state index contributed by atoms with van der Waals surface area (Å²) in [6, 6.07) is 0.687. The molecule has 0 aliphatic carbocycles. The predicted octanol–water partition coefficient (Wildman–Crippen LogP) is 1.51. The lowest BCUT2D eigenvalue weighted by Gasteiger charge is -2.35. The van der Waals surface area contributed by atoms with E-state index in [1.54, 1.807) is 11.0 Å². The van der Waals surface area contributed by atoms with Gasteiger partial charge >= 0.3 is 0 Å². The Kier molecular flexibility index (Phi) is 5.13. The predicted molar refractivity (Wildman–Crippen MR) is 115 cm³/mol. The van der Waals surface area contributed by atoms with Crippen molar-refractivity contribution < 1.29 is 8.78 Å². The van der Waals surface area contributed by atoms with Gasteiger partial charge in [0.05, 0.1) is 12.2 Å². The van der Waals surface area contributed by atoms with E-state index < -0.39 is 12.5 Å². The molecule has 0 spiro atoms. The number of halogens is 2. The van der Waals surface area contributed by atoms with Crippen molar-refractivity contribution in [2.75, 3.05) is 36.0 Å². The zero-order chi connectivity index (χ0) is 22.2. The lowest BCUT2D eigenvalue weighted by atomic mass is 10.2. The number of aromatic nitrogens is 7. The van der Waals surface area contributed by atoms with Gasteiger partial charge in [-0.1, -0.05) is 0 Å². The third-order valence-corrected chi connectivity index (χ3v) is 5.60. The number of nitrogens with zero attached hydrogens (tertiary/aromatic N) is 9. The molecule has 2 N–H and O–H groups in total. The van der Waals surface area contributed by atoms with Crippen molar-refractivity contribution in [1.29, 1.82) is 0 Å². The maximum Gasteiger partial charge on any atom is 0.257 e. The SMILES string of the molecule is Cn1cc(-c2cc3c(N4CCN(c5ncc(C(N)C(F)F)cn5)CC4)ncnn3c2)cn1. The Morgan fingerprint density at radius 3 is 2.28 bits per heavy atom. The van der Waals surface area contributed by atoms with E-state index in [-0.39, 0.29) is 5.56 Å². The van der Waals surface area contributed by atoms with Crippen LogP contribution in [0.25, 0.3) is 16.6 Å². The van der Waals surface area contributed by atoms with Crippen molar-refractivity contribution in [1.82, 2.24) is 34.3 Å². The van der Waals surface area contributed by atoms with Crippen LogP contribution in [0, 0.1) is 0 Å². The Hall–Kier alpha value is -3.67. The van der Waals surface area contributed by atoms with Crippen LogP contribution in [0.5, 0.6) is 0 Å². The molecular weight excluding hydrogens is 418 g/mol. The normalized spacial score (nSPS) is 15.7. The average molecular weight is 440 g/mol. The van der Waals surface area contributed by atoms with Gasteiger partial charge in [-0.05, 0) is 6.07 Å². The molecule has 0 saturated carbocycles. The summed E-state index contributed by atoms with van der Waals surface area (Å²) in [6.45, 7) is 2.77. The number of fused-ring (bicyclic) bond motifs is 1. The van der Waals surface area contributed by atoms with Gasteiger partial charge in [0.1, 0.15) is 11.8 Å². The van der Waals surface area contributed by atoms with Crippen molar-refractivity contribution >= 4 is 17.3 Å². The van der Waals surface area contributed by atoms with Gasteiger partial charge in [0.15, 0.2) is 5.82 Å². The molecule has 5 heterocycles. The number of alkyl halides is 2. The monoisotopic (exact) mass is 440 g/mol. The van der Waals surface area contributed by atoms with E-state index in [0.29, 0.717) is 32.1 Å². The van der Waals surface area contributed by atoms with Gasteiger partial charge in [0, 0.05) is 74.7 Å². The molecule has 1 unspecified atom stereocenters. The van der Waals surface area contributed by atoms with E-state index in [2.05, 4.69) is 36.1 Å². The van der Waals surface area contributed by atoms with E-state index in [9.17, 15) is 8.78 Å². The highest BCUT2D eigenvalue weighted by Crippen LogP contribution is 2.27. The number of anilines is 2. The standard InChI is InChI=1S/C20H22F2N10/c1-29-10-15(9-27-29)13-6-16-19(26-12-28-32(16)11-13)30-2-4-31(5-3-30)20-24-7-14(8-25-20)17(23)18(21)22/h6-12,17-18H,2-5,23H2,1H3. The second-order valence-corrected chi connectivity index (χ2v) is 7.70. The molecule has 10 nitrogen and oxygen atoms in total. The lowest BCUT2D eigenvalue weighted by molar-refractivity contribution is 0.116. The second-order valence-electron chi connectivity index (χ2n) is 7.70. The van der Waals surface area contributed by atoms with Gasteiger partial charge < -0.3 is 15.5 Å². The minimum Gasteiger partial charge on any atom is -0.351 e. The average Bonchev–Trinajstić information content (AvgIpc) is 3.44. The van der Waals surface area contributed by atoms with E-state index >= 15 is 0 Å². The van der Waals surface area contributed by atoms with E-state index in [1.165, 1.54) is 12.4 Å². The first-order chi connectivity index (χ1) is 15.5. The maximum absolute atomic E-state index is 12.8. The zero-order valence-electron chi connectivity index (χ0n) is 17.4. The highest BCUT2D eigenvalue weighted by molar-refractivity contribution is 5.77. The number of piperazine rings is 1. The number of hydrogen-bond donors (Lipinski definition) is 1. The first-order valence-corrected chi connectivity index (χ1v) is 10.2. The van der Waals surface area contributed by atoms with E-state index in [4.69, 9.17) is 5.73 Å². The molecule has 1 aliphatic heterocycles. The Bertz CT molecular complexity index is 1210. The van der Waals surface area contributed by atoms with Gasteiger partial charge in [-0.3, -0.25) is 4.68 Å². The van der Waals surface area contributed by atoms with Crippen molar-refractivity contribution in [3.05, 3.63) is 48.9 Å². The highest BCUT2D eigenvalue weighted by Gasteiger charge is 2.23. The first-order valence-electron chi connectivity index (χ1n) is 10.2. The fraction of sp³-hybridized carbons (Fsp3) is 0.350. The molecule has 4 aromatic rings. The molecule has 166 valence electrons. The summed E-state index contributed by atoms with van der Waals surface area (Å²) in [5, 5.41) is 8.58. The molecule has 5 rings (SSSR count). The molecule has 12 heteroatoms. The quantitative estimate of drug-likeness (QED) is 0.498. The third-order valence-electron chi connectivity index (χ3n) is 5.60. The lowest BCUT2D eigenvalue weighted by Crippen LogP contribution is -2.47. The molecule has 0 amide bonds. The summed E-state index contributed by atoms with van der Waals surface area (Å²) in [4.78, 5) is 17.2. The minimum absolute atomic E-state index is 0.225.